The maximum atomic E-state index is 12.2. The summed E-state index contributed by atoms with van der Waals surface area (Å²) in [5, 5.41) is 0.801. The Morgan fingerprint density at radius 3 is 2.41 bits per heavy atom. The van der Waals surface area contributed by atoms with E-state index in [0.717, 1.165) is 24.6 Å². The first-order valence-corrected chi connectivity index (χ1v) is 12.5. The Hall–Kier alpha value is -2.36. The topological polar surface area (TPSA) is 56.5 Å². The van der Waals surface area contributed by atoms with Crippen molar-refractivity contribution < 1.29 is 13.9 Å². The van der Waals surface area contributed by atoms with Crippen LogP contribution in [0.5, 0.6) is 5.75 Å². The molecule has 0 N–H and O–H groups in total. The van der Waals surface area contributed by atoms with Crippen molar-refractivity contribution in [3.05, 3.63) is 52.9 Å². The standard InChI is InChI=1S/C28H40O4/c1-3-4-5-6-7-8-9-10-11-12-13-14-15-23(2)16-20-27(29)31-25-19-17-24-18-21-28(30)32-26(24)22-25/h10-11,17-19,21-23H,3-9,12-16,20H2,1-2H3/b11-10+. The van der Waals surface area contributed by atoms with E-state index in [1.807, 2.05) is 0 Å². The van der Waals surface area contributed by atoms with Crippen molar-refractivity contribution in [3.8, 4) is 5.75 Å². The molecule has 0 bridgehead atoms. The lowest BCUT2D eigenvalue weighted by Crippen LogP contribution is -2.10. The molecule has 4 nitrogen and oxygen atoms in total. The van der Waals surface area contributed by atoms with Crippen molar-refractivity contribution in [2.24, 2.45) is 5.92 Å². The van der Waals surface area contributed by atoms with Crippen LogP contribution in [-0.4, -0.2) is 5.97 Å². The molecule has 1 atom stereocenters. The average Bonchev–Trinajstić information content (AvgIpc) is 2.78. The van der Waals surface area contributed by atoms with Gasteiger partial charge in [0.1, 0.15) is 11.3 Å². The third kappa shape index (κ3) is 10.8. The maximum absolute atomic E-state index is 12.2. The van der Waals surface area contributed by atoms with Crippen molar-refractivity contribution in [1.29, 1.82) is 0 Å². The number of benzene rings is 1. The third-order valence-corrected chi connectivity index (χ3v) is 5.88. The molecule has 0 saturated carbocycles. The number of carbonyl (C=O) groups excluding carboxylic acids is 1. The summed E-state index contributed by atoms with van der Waals surface area (Å²) in [6.07, 6.45) is 20.0. The zero-order valence-corrected chi connectivity index (χ0v) is 19.9. The predicted molar refractivity (Wildman–Crippen MR) is 132 cm³/mol. The van der Waals surface area contributed by atoms with Crippen molar-refractivity contribution in [2.45, 2.75) is 97.3 Å². The van der Waals surface area contributed by atoms with Gasteiger partial charge in [0, 0.05) is 23.9 Å². The van der Waals surface area contributed by atoms with E-state index >= 15 is 0 Å². The molecule has 0 saturated heterocycles. The Morgan fingerprint density at radius 2 is 1.62 bits per heavy atom. The van der Waals surface area contributed by atoms with Gasteiger partial charge < -0.3 is 9.15 Å². The number of carbonyl (C=O) groups is 1. The highest BCUT2D eigenvalue weighted by Gasteiger charge is 2.10. The fraction of sp³-hybridized carbons (Fsp3) is 0.571. The van der Waals surface area contributed by atoms with E-state index in [2.05, 4.69) is 26.0 Å². The minimum absolute atomic E-state index is 0.243. The van der Waals surface area contributed by atoms with Gasteiger partial charge in [-0.15, -0.1) is 0 Å². The summed E-state index contributed by atoms with van der Waals surface area (Å²) in [5.74, 6) is 0.675. The molecule has 4 heteroatoms. The highest BCUT2D eigenvalue weighted by molar-refractivity contribution is 5.79. The number of ether oxygens (including phenoxy) is 1. The average molecular weight is 441 g/mol. The van der Waals surface area contributed by atoms with Crippen molar-refractivity contribution in [1.82, 2.24) is 0 Å². The molecular weight excluding hydrogens is 400 g/mol. The van der Waals surface area contributed by atoms with E-state index in [1.54, 1.807) is 24.3 Å². The van der Waals surface area contributed by atoms with Crippen LogP contribution in [0.3, 0.4) is 0 Å². The summed E-state index contributed by atoms with van der Waals surface area (Å²) in [5.41, 5.74) is 0.0142. The number of unbranched alkanes of at least 4 members (excludes halogenated alkanes) is 8. The summed E-state index contributed by atoms with van der Waals surface area (Å²) < 4.78 is 10.6. The molecule has 32 heavy (non-hydrogen) atoms. The first-order valence-electron chi connectivity index (χ1n) is 12.5. The van der Waals surface area contributed by atoms with Crippen LogP contribution in [0.15, 0.2) is 51.7 Å². The Morgan fingerprint density at radius 1 is 0.938 bits per heavy atom. The molecule has 1 aromatic carbocycles. The molecule has 0 aliphatic rings. The molecule has 1 unspecified atom stereocenters. The van der Waals surface area contributed by atoms with Crippen LogP contribution in [0, 0.1) is 5.92 Å². The van der Waals surface area contributed by atoms with E-state index in [1.165, 1.54) is 63.9 Å². The van der Waals surface area contributed by atoms with E-state index in [9.17, 15) is 9.59 Å². The number of allylic oxidation sites excluding steroid dienone is 2. The summed E-state index contributed by atoms with van der Waals surface area (Å²) in [6, 6.07) is 8.18. The van der Waals surface area contributed by atoms with Gasteiger partial charge >= 0.3 is 11.6 Å². The highest BCUT2D eigenvalue weighted by Crippen LogP contribution is 2.21. The molecule has 0 aliphatic carbocycles. The monoisotopic (exact) mass is 440 g/mol. The quantitative estimate of drug-likeness (QED) is 0.0872. The lowest BCUT2D eigenvalue weighted by molar-refractivity contribution is -0.134. The number of esters is 1. The number of hydrogen-bond donors (Lipinski definition) is 0. The molecule has 2 rings (SSSR count). The van der Waals surface area contributed by atoms with Crippen LogP contribution in [0.2, 0.25) is 0 Å². The molecule has 0 radical (unpaired) electrons. The number of fused-ring (bicyclic) bond motifs is 1. The normalized spacial score (nSPS) is 12.4. The second kappa shape index (κ2) is 15.4. The van der Waals surface area contributed by atoms with Crippen LogP contribution in [0.1, 0.15) is 97.3 Å². The molecule has 176 valence electrons. The maximum Gasteiger partial charge on any atom is 0.336 e. The minimum atomic E-state index is -0.414. The van der Waals surface area contributed by atoms with Gasteiger partial charge in [-0.25, -0.2) is 4.79 Å². The molecule has 0 amide bonds. The van der Waals surface area contributed by atoms with Gasteiger partial charge in [-0.3, -0.25) is 4.79 Å². The Labute approximate surface area is 193 Å². The Bertz CT molecular complexity index is 880. The van der Waals surface area contributed by atoms with Gasteiger partial charge in [-0.1, -0.05) is 70.9 Å². The lowest BCUT2D eigenvalue weighted by Gasteiger charge is -2.10. The molecule has 2 aromatic rings. The molecular formula is C28H40O4. The van der Waals surface area contributed by atoms with Crippen LogP contribution >= 0.6 is 0 Å². The van der Waals surface area contributed by atoms with E-state index in [0.29, 0.717) is 23.7 Å². The summed E-state index contributed by atoms with van der Waals surface area (Å²) in [4.78, 5) is 23.5. The van der Waals surface area contributed by atoms with Crippen molar-refractivity contribution in [2.75, 3.05) is 0 Å². The second-order valence-corrected chi connectivity index (χ2v) is 8.88. The first kappa shape index (κ1) is 25.9. The number of hydrogen-bond acceptors (Lipinski definition) is 4. The SMILES string of the molecule is CCCCCCCC/C=C/CCCCC(C)CCC(=O)Oc1ccc2ccc(=O)oc2c1. The minimum Gasteiger partial charge on any atom is -0.426 e. The largest absolute Gasteiger partial charge is 0.426 e. The van der Waals surface area contributed by atoms with Crippen LogP contribution < -0.4 is 10.4 Å². The lowest BCUT2D eigenvalue weighted by atomic mass is 9.98. The second-order valence-electron chi connectivity index (χ2n) is 8.88. The molecule has 0 aliphatic heterocycles. The molecule has 1 aromatic heterocycles. The first-order chi connectivity index (χ1) is 15.6. The Balaban J connectivity index is 1.52. The van der Waals surface area contributed by atoms with Crippen LogP contribution in [0.4, 0.5) is 0 Å². The van der Waals surface area contributed by atoms with Crippen LogP contribution in [0.25, 0.3) is 11.0 Å². The van der Waals surface area contributed by atoms with Gasteiger partial charge in [-0.05, 0) is 56.2 Å². The number of rotatable bonds is 16. The molecule has 1 heterocycles. The zero-order chi connectivity index (χ0) is 23.0. The summed E-state index contributed by atoms with van der Waals surface area (Å²) in [6.45, 7) is 4.46. The van der Waals surface area contributed by atoms with E-state index in [4.69, 9.17) is 9.15 Å². The fourth-order valence-electron chi connectivity index (χ4n) is 3.83. The van der Waals surface area contributed by atoms with Gasteiger partial charge in [-0.2, -0.15) is 0 Å². The molecule has 0 fully saturated rings. The smallest absolute Gasteiger partial charge is 0.336 e. The van der Waals surface area contributed by atoms with Crippen molar-refractivity contribution >= 4 is 16.9 Å². The fourth-order valence-corrected chi connectivity index (χ4v) is 3.83. The highest BCUT2D eigenvalue weighted by atomic mass is 16.5. The Kier molecular flexibility index (Phi) is 12.5. The zero-order valence-electron chi connectivity index (χ0n) is 19.9. The predicted octanol–water partition coefficient (Wildman–Crippen LogP) is 7.98. The van der Waals surface area contributed by atoms with Crippen molar-refractivity contribution in [3.63, 3.8) is 0 Å². The summed E-state index contributed by atoms with van der Waals surface area (Å²) in [7, 11) is 0. The van der Waals surface area contributed by atoms with Gasteiger partial charge in [0.2, 0.25) is 0 Å². The summed E-state index contributed by atoms with van der Waals surface area (Å²) >= 11 is 0. The van der Waals surface area contributed by atoms with Gasteiger partial charge in [0.05, 0.1) is 0 Å². The van der Waals surface area contributed by atoms with Gasteiger partial charge in [0.15, 0.2) is 0 Å². The van der Waals surface area contributed by atoms with Gasteiger partial charge in [0.25, 0.3) is 0 Å². The third-order valence-electron chi connectivity index (χ3n) is 5.88. The molecule has 0 spiro atoms. The van der Waals surface area contributed by atoms with E-state index < -0.39 is 5.63 Å². The van der Waals surface area contributed by atoms with Crippen LogP contribution in [-0.2, 0) is 4.79 Å². The van der Waals surface area contributed by atoms with E-state index in [-0.39, 0.29) is 5.97 Å².